The van der Waals surface area contributed by atoms with E-state index in [2.05, 4.69) is 29.1 Å². The SMILES string of the molecule is CC(=NCC1(C)CC(C)C(OCCN(C)CCC(=O)O)C1)C(=CN)c1ccc(N2CCc3cccc(C(=O)Nc4nc5ccccc5s4)c3C2)nc1C(=O)O. The molecule has 5 N–H and O–H groups in total. The summed E-state index contributed by atoms with van der Waals surface area (Å²) in [7, 11) is 1.89. The van der Waals surface area contributed by atoms with Crippen molar-refractivity contribution in [2.75, 3.05) is 50.1 Å². The average molecular weight is 768 g/mol. The fraction of sp³-hybridized carbons (Fsp3) is 0.415. The molecule has 0 spiro atoms. The summed E-state index contributed by atoms with van der Waals surface area (Å²) >= 11 is 1.42. The number of nitrogens with one attached hydrogen (secondary N) is 1. The van der Waals surface area contributed by atoms with E-state index in [0.717, 1.165) is 34.2 Å². The zero-order valence-electron chi connectivity index (χ0n) is 31.7. The molecule has 13 nitrogen and oxygen atoms in total. The molecule has 0 saturated heterocycles. The Labute approximate surface area is 324 Å². The van der Waals surface area contributed by atoms with Gasteiger partial charge in [-0.1, -0.05) is 49.4 Å². The molecular weight excluding hydrogens is 719 g/mol. The first-order valence-corrected chi connectivity index (χ1v) is 19.4. The molecule has 3 atom stereocenters. The number of ether oxygens (including phenoxy) is 1. The van der Waals surface area contributed by atoms with Gasteiger partial charge in [-0.2, -0.15) is 0 Å². The monoisotopic (exact) mass is 767 g/mol. The Bertz CT molecular complexity index is 2100. The van der Waals surface area contributed by atoms with Gasteiger partial charge in [0.15, 0.2) is 10.8 Å². The lowest BCUT2D eigenvalue weighted by Gasteiger charge is -2.31. The number of hydrogen-bond donors (Lipinski definition) is 4. The molecule has 3 unspecified atom stereocenters. The maximum absolute atomic E-state index is 13.5. The van der Waals surface area contributed by atoms with Crippen LogP contribution in [0.25, 0.3) is 15.8 Å². The number of carbonyl (C=O) groups is 3. The van der Waals surface area contributed by atoms with Crippen LogP contribution in [-0.4, -0.2) is 94.6 Å². The van der Waals surface area contributed by atoms with Crippen LogP contribution < -0.4 is 16.0 Å². The number of aromatic carboxylic acids is 1. The second-order valence-corrected chi connectivity index (χ2v) is 16.0. The number of amides is 1. The number of rotatable bonds is 15. The minimum atomic E-state index is -1.18. The van der Waals surface area contributed by atoms with Crippen LogP contribution in [0.4, 0.5) is 10.9 Å². The van der Waals surface area contributed by atoms with Gasteiger partial charge >= 0.3 is 11.9 Å². The van der Waals surface area contributed by atoms with Crippen molar-refractivity contribution in [3.63, 3.8) is 0 Å². The summed E-state index contributed by atoms with van der Waals surface area (Å²) in [5.41, 5.74) is 10.7. The van der Waals surface area contributed by atoms with Gasteiger partial charge in [-0.05, 0) is 86.0 Å². The second-order valence-electron chi connectivity index (χ2n) is 15.0. The van der Waals surface area contributed by atoms with E-state index in [-0.39, 0.29) is 29.5 Å². The molecule has 6 rings (SSSR count). The number of pyridine rings is 1. The second kappa shape index (κ2) is 17.1. The van der Waals surface area contributed by atoms with Crippen LogP contribution in [-0.2, 0) is 22.5 Å². The van der Waals surface area contributed by atoms with Crippen LogP contribution in [0.5, 0.6) is 0 Å². The molecule has 1 amide bonds. The highest BCUT2D eigenvalue weighted by Gasteiger charge is 2.40. The van der Waals surface area contributed by atoms with Crippen LogP contribution in [0.3, 0.4) is 0 Å². The number of aromatic nitrogens is 2. The number of thiazole rings is 1. The van der Waals surface area contributed by atoms with Gasteiger partial charge < -0.3 is 30.5 Å². The molecule has 1 aliphatic carbocycles. The van der Waals surface area contributed by atoms with Crippen molar-refractivity contribution in [2.24, 2.45) is 22.1 Å². The normalized spacial score (nSPS) is 20.2. The zero-order chi connectivity index (χ0) is 39.3. The Kier molecular flexibility index (Phi) is 12.3. The van der Waals surface area contributed by atoms with E-state index in [4.69, 9.17) is 20.6 Å². The van der Waals surface area contributed by atoms with E-state index < -0.39 is 11.9 Å². The molecule has 3 heterocycles. The zero-order valence-corrected chi connectivity index (χ0v) is 32.6. The topological polar surface area (TPSA) is 184 Å². The number of anilines is 2. The van der Waals surface area contributed by atoms with Gasteiger partial charge in [-0.15, -0.1) is 0 Å². The lowest BCUT2D eigenvalue weighted by molar-refractivity contribution is -0.137. The molecule has 0 bridgehead atoms. The number of benzene rings is 2. The van der Waals surface area contributed by atoms with Gasteiger partial charge in [-0.25, -0.2) is 14.8 Å². The molecule has 4 aromatic rings. The highest BCUT2D eigenvalue weighted by atomic mass is 32.1. The molecular formula is C41H49N7O6S. The fourth-order valence-corrected chi connectivity index (χ4v) is 8.53. The number of aliphatic imine (C=N–C) groups is 1. The summed E-state index contributed by atoms with van der Waals surface area (Å²) in [6, 6.07) is 17.0. The first kappa shape index (κ1) is 39.5. The fourth-order valence-electron chi connectivity index (χ4n) is 7.67. The Morgan fingerprint density at radius 1 is 1.09 bits per heavy atom. The van der Waals surface area contributed by atoms with Crippen molar-refractivity contribution in [3.05, 3.63) is 88.7 Å². The molecule has 2 aromatic heterocycles. The maximum Gasteiger partial charge on any atom is 0.355 e. The van der Waals surface area contributed by atoms with E-state index in [9.17, 15) is 19.5 Å². The van der Waals surface area contributed by atoms with Crippen LogP contribution in [0.1, 0.15) is 77.6 Å². The third kappa shape index (κ3) is 9.38. The Balaban J connectivity index is 1.13. The highest BCUT2D eigenvalue weighted by molar-refractivity contribution is 7.22. The third-order valence-electron chi connectivity index (χ3n) is 10.6. The van der Waals surface area contributed by atoms with Gasteiger partial charge in [0.25, 0.3) is 5.91 Å². The van der Waals surface area contributed by atoms with E-state index in [1.165, 1.54) is 17.5 Å². The molecule has 1 saturated carbocycles. The van der Waals surface area contributed by atoms with E-state index >= 15 is 0 Å². The lowest BCUT2D eigenvalue weighted by atomic mass is 9.88. The molecule has 2 aromatic carbocycles. The van der Waals surface area contributed by atoms with E-state index in [1.54, 1.807) is 18.2 Å². The smallest absolute Gasteiger partial charge is 0.355 e. The third-order valence-corrected chi connectivity index (χ3v) is 11.6. The number of fused-ring (bicyclic) bond motifs is 2. The van der Waals surface area contributed by atoms with Crippen LogP contribution >= 0.6 is 11.3 Å². The van der Waals surface area contributed by atoms with Crippen molar-refractivity contribution in [2.45, 2.75) is 59.1 Å². The number of hydrogen-bond acceptors (Lipinski definition) is 11. The summed E-state index contributed by atoms with van der Waals surface area (Å²) in [4.78, 5) is 55.2. The van der Waals surface area contributed by atoms with Gasteiger partial charge in [0, 0.05) is 61.3 Å². The first-order chi connectivity index (χ1) is 26.3. The molecule has 2 aliphatic rings. The van der Waals surface area contributed by atoms with Gasteiger partial charge in [0.2, 0.25) is 0 Å². The van der Waals surface area contributed by atoms with Gasteiger partial charge in [-0.3, -0.25) is 19.9 Å². The summed E-state index contributed by atoms with van der Waals surface area (Å²) in [5.74, 6) is -1.42. The Morgan fingerprint density at radius 2 is 1.89 bits per heavy atom. The molecule has 1 aliphatic heterocycles. The number of nitrogens with zero attached hydrogens (tertiary/aromatic N) is 5. The number of carboxylic acid groups (broad SMARTS) is 2. The van der Waals surface area contributed by atoms with Gasteiger partial charge in [0.05, 0.1) is 29.3 Å². The van der Waals surface area contributed by atoms with Crippen molar-refractivity contribution in [1.82, 2.24) is 14.9 Å². The molecule has 0 radical (unpaired) electrons. The predicted molar refractivity (Wildman–Crippen MR) is 216 cm³/mol. The summed E-state index contributed by atoms with van der Waals surface area (Å²) in [5, 5.41) is 22.8. The number of aliphatic carboxylic acids is 1. The van der Waals surface area contributed by atoms with Crippen molar-refractivity contribution in [1.29, 1.82) is 0 Å². The first-order valence-electron chi connectivity index (χ1n) is 18.6. The standard InChI is InChI=1S/C41H49N7O6S/c1-25-20-41(3,21-33(25)54-19-18-47(4)16-15-36(49)50)24-43-26(2)30(22-42)28-12-13-35(45-37(28)39(52)53)48-17-14-27-8-7-9-29(31(27)23-48)38(51)46-40-44-32-10-5-6-11-34(32)55-40/h5-13,22,25,33H,14-21,23-24,42H2,1-4H3,(H,49,50)(H,52,53)(H,44,46,51). The predicted octanol–water partition coefficient (Wildman–Crippen LogP) is 6.19. The van der Waals surface area contributed by atoms with Crippen LogP contribution in [0.2, 0.25) is 0 Å². The molecule has 1 fully saturated rings. The summed E-state index contributed by atoms with van der Waals surface area (Å²) in [6.45, 7) is 9.37. The lowest BCUT2D eigenvalue weighted by Crippen LogP contribution is -2.33. The highest BCUT2D eigenvalue weighted by Crippen LogP contribution is 2.43. The number of para-hydroxylation sites is 1. The average Bonchev–Trinajstić information content (AvgIpc) is 3.71. The minimum absolute atomic E-state index is 0.0686. The quantitative estimate of drug-likeness (QED) is 0.101. The number of likely N-dealkylation sites (N-methyl/N-ethyl adjacent to an activating group) is 1. The number of nitrogens with two attached hydrogens (primary N) is 1. The minimum Gasteiger partial charge on any atom is -0.481 e. The summed E-state index contributed by atoms with van der Waals surface area (Å²) in [6.07, 6.45) is 3.97. The number of carboxylic acids is 2. The largest absolute Gasteiger partial charge is 0.481 e. The molecule has 55 heavy (non-hydrogen) atoms. The van der Waals surface area contributed by atoms with Crippen molar-refractivity contribution >= 4 is 61.6 Å². The van der Waals surface area contributed by atoms with Gasteiger partial charge in [0.1, 0.15) is 5.82 Å². The maximum atomic E-state index is 13.5. The number of carbonyl (C=O) groups excluding carboxylic acids is 1. The number of allylic oxidation sites excluding steroid dienone is 1. The Hall–Kier alpha value is -5.18. The van der Waals surface area contributed by atoms with E-state index in [0.29, 0.717) is 85.0 Å². The van der Waals surface area contributed by atoms with E-state index in [1.807, 2.05) is 60.2 Å². The van der Waals surface area contributed by atoms with Crippen LogP contribution in [0.15, 0.2) is 65.8 Å². The Morgan fingerprint density at radius 3 is 2.64 bits per heavy atom. The van der Waals surface area contributed by atoms with Crippen molar-refractivity contribution in [3.8, 4) is 0 Å². The van der Waals surface area contributed by atoms with Crippen LogP contribution in [0, 0.1) is 11.3 Å². The molecule has 290 valence electrons. The summed E-state index contributed by atoms with van der Waals surface area (Å²) < 4.78 is 7.23. The molecule has 14 heteroatoms. The van der Waals surface area contributed by atoms with Crippen molar-refractivity contribution < 1.29 is 29.3 Å².